The lowest BCUT2D eigenvalue weighted by molar-refractivity contribution is 0.00549. The summed E-state index contributed by atoms with van der Waals surface area (Å²) < 4.78 is 13.2. The van der Waals surface area contributed by atoms with E-state index in [9.17, 15) is 4.79 Å². The minimum atomic E-state index is -0.501. The van der Waals surface area contributed by atoms with E-state index in [1.54, 1.807) is 13.3 Å². The standard InChI is InChI=1S/C25H36N6O3/c1-15-14-27-21-11-18(12-22(33-6)31(15)21)23(29-26)16(2)28-19-9-10-30(20(13-19)17-7-8-17)24(32)34-25(3,4)5/h11-12,14,17,19-20H,7-10,13,26H2,1-6H3/b28-16?,29-23+. The average Bonchev–Trinajstić information content (AvgIpc) is 3.55. The first-order valence-electron chi connectivity index (χ1n) is 12.0. The van der Waals surface area contributed by atoms with Crippen LogP contribution in [0.3, 0.4) is 0 Å². The molecule has 2 fully saturated rings. The molecule has 34 heavy (non-hydrogen) atoms. The Balaban J connectivity index is 1.55. The number of aliphatic imine (C=N–C) groups is 1. The molecule has 9 nitrogen and oxygen atoms in total. The van der Waals surface area contributed by atoms with Crippen molar-refractivity contribution in [1.29, 1.82) is 0 Å². The molecule has 4 rings (SSSR count). The first kappa shape index (κ1) is 24.0. The molecule has 3 heterocycles. The second-order valence-corrected chi connectivity index (χ2v) is 10.3. The summed E-state index contributed by atoms with van der Waals surface area (Å²) in [4.78, 5) is 24.2. The zero-order valence-electron chi connectivity index (χ0n) is 21.0. The van der Waals surface area contributed by atoms with Crippen molar-refractivity contribution in [2.45, 2.75) is 78.0 Å². The smallest absolute Gasteiger partial charge is 0.410 e. The van der Waals surface area contributed by atoms with Gasteiger partial charge in [0.15, 0.2) is 5.88 Å². The van der Waals surface area contributed by atoms with Crippen LogP contribution in [0.25, 0.3) is 5.65 Å². The van der Waals surface area contributed by atoms with Crippen LogP contribution in [0.1, 0.15) is 64.6 Å². The van der Waals surface area contributed by atoms with E-state index in [1.807, 2.05) is 56.1 Å². The number of rotatable bonds is 5. The minimum Gasteiger partial charge on any atom is -0.482 e. The number of pyridine rings is 1. The van der Waals surface area contributed by atoms with Gasteiger partial charge in [-0.15, -0.1) is 0 Å². The van der Waals surface area contributed by atoms with Crippen molar-refractivity contribution in [1.82, 2.24) is 14.3 Å². The van der Waals surface area contributed by atoms with Gasteiger partial charge in [0.1, 0.15) is 17.0 Å². The summed E-state index contributed by atoms with van der Waals surface area (Å²) in [5, 5.41) is 4.07. The Bertz CT molecular complexity index is 1130. The Hall–Kier alpha value is -3.10. The lowest BCUT2D eigenvalue weighted by Gasteiger charge is -2.39. The van der Waals surface area contributed by atoms with Gasteiger partial charge in [-0.1, -0.05) is 0 Å². The van der Waals surface area contributed by atoms with Crippen molar-refractivity contribution in [3.8, 4) is 5.88 Å². The highest BCUT2D eigenvalue weighted by Crippen LogP contribution is 2.40. The molecule has 1 amide bonds. The lowest BCUT2D eigenvalue weighted by atomic mass is 9.94. The van der Waals surface area contributed by atoms with Crippen LogP contribution in [0.5, 0.6) is 5.88 Å². The normalized spacial score (nSPS) is 22.2. The van der Waals surface area contributed by atoms with E-state index in [0.717, 1.165) is 48.3 Å². The monoisotopic (exact) mass is 468 g/mol. The van der Waals surface area contributed by atoms with Crippen molar-refractivity contribution >= 4 is 23.2 Å². The molecule has 1 aliphatic carbocycles. The number of methoxy groups -OCH3 is 1. The number of piperidine rings is 1. The highest BCUT2D eigenvalue weighted by atomic mass is 16.6. The third-order valence-corrected chi connectivity index (χ3v) is 6.49. The van der Waals surface area contributed by atoms with Crippen LogP contribution in [0, 0.1) is 12.8 Å². The maximum atomic E-state index is 12.8. The maximum absolute atomic E-state index is 12.8. The number of likely N-dealkylation sites (tertiary alicyclic amines) is 1. The molecule has 2 unspecified atom stereocenters. The van der Waals surface area contributed by atoms with Crippen LogP contribution in [0.4, 0.5) is 4.79 Å². The van der Waals surface area contributed by atoms with Crippen molar-refractivity contribution < 1.29 is 14.3 Å². The topological polar surface area (TPSA) is 107 Å². The maximum Gasteiger partial charge on any atom is 0.410 e. The number of amides is 1. The van der Waals surface area contributed by atoms with Gasteiger partial charge < -0.3 is 20.2 Å². The molecular weight excluding hydrogens is 432 g/mol. The van der Waals surface area contributed by atoms with Crippen LogP contribution in [0.2, 0.25) is 0 Å². The number of carbonyl (C=O) groups excluding carboxylic acids is 1. The van der Waals surface area contributed by atoms with Gasteiger partial charge in [-0.2, -0.15) is 5.10 Å². The van der Waals surface area contributed by atoms with Crippen LogP contribution < -0.4 is 10.6 Å². The van der Waals surface area contributed by atoms with Crippen molar-refractivity contribution in [3.63, 3.8) is 0 Å². The molecule has 0 bridgehead atoms. The second kappa shape index (κ2) is 9.27. The molecule has 184 valence electrons. The van der Waals surface area contributed by atoms with Gasteiger partial charge in [-0.25, -0.2) is 9.78 Å². The number of imidazole rings is 1. The van der Waals surface area contributed by atoms with Crippen LogP contribution >= 0.6 is 0 Å². The number of aromatic nitrogens is 2. The van der Waals surface area contributed by atoms with Gasteiger partial charge in [-0.3, -0.25) is 9.39 Å². The summed E-state index contributed by atoms with van der Waals surface area (Å²) in [5.41, 5.74) is 3.43. The van der Waals surface area contributed by atoms with Crippen molar-refractivity contribution in [2.24, 2.45) is 21.9 Å². The molecular formula is C25H36N6O3. The van der Waals surface area contributed by atoms with E-state index in [0.29, 0.717) is 24.1 Å². The fourth-order valence-electron chi connectivity index (χ4n) is 4.79. The molecule has 2 N–H and O–H groups in total. The average molecular weight is 469 g/mol. The summed E-state index contributed by atoms with van der Waals surface area (Å²) in [7, 11) is 1.63. The molecule has 2 aliphatic rings. The number of nitrogens with zero attached hydrogens (tertiary/aromatic N) is 5. The molecule has 0 aromatic carbocycles. The molecule has 2 aromatic rings. The Labute approximate surface area is 201 Å². The predicted octanol–water partition coefficient (Wildman–Crippen LogP) is 3.95. The molecule has 9 heteroatoms. The zero-order valence-corrected chi connectivity index (χ0v) is 21.0. The SMILES string of the molecule is COc1cc(/C(=N/N)C(C)=NC2CCN(C(=O)OC(C)(C)C)C(C3CC3)C2)cc2ncc(C)n12. The highest BCUT2D eigenvalue weighted by molar-refractivity contribution is 6.47. The lowest BCUT2D eigenvalue weighted by Crippen LogP contribution is -2.50. The Morgan fingerprint density at radius 2 is 1.97 bits per heavy atom. The third kappa shape index (κ3) is 5.03. The second-order valence-electron chi connectivity index (χ2n) is 10.3. The van der Waals surface area contributed by atoms with Gasteiger partial charge in [0, 0.05) is 36.1 Å². The summed E-state index contributed by atoms with van der Waals surface area (Å²) in [6.07, 6.45) is 5.48. The van der Waals surface area contributed by atoms with Crippen molar-refractivity contribution in [3.05, 3.63) is 29.6 Å². The van der Waals surface area contributed by atoms with Crippen LogP contribution in [0.15, 0.2) is 28.4 Å². The number of hydrazone groups is 1. The third-order valence-electron chi connectivity index (χ3n) is 6.49. The Morgan fingerprint density at radius 1 is 1.24 bits per heavy atom. The quantitative estimate of drug-likeness (QED) is 0.406. The Morgan fingerprint density at radius 3 is 2.59 bits per heavy atom. The van der Waals surface area contributed by atoms with Crippen LogP contribution in [-0.2, 0) is 4.74 Å². The number of carbonyl (C=O) groups is 1. The van der Waals surface area contributed by atoms with E-state index in [2.05, 4.69) is 10.1 Å². The minimum absolute atomic E-state index is 0.0975. The van der Waals surface area contributed by atoms with E-state index in [1.165, 1.54) is 0 Å². The molecule has 1 saturated heterocycles. The summed E-state index contributed by atoms with van der Waals surface area (Å²) in [6, 6.07) is 4.11. The Kier molecular flexibility index (Phi) is 6.55. The molecule has 1 saturated carbocycles. The van der Waals surface area contributed by atoms with E-state index in [-0.39, 0.29) is 18.2 Å². The fourth-order valence-corrected chi connectivity index (χ4v) is 4.79. The number of nitrogens with two attached hydrogens (primary N) is 1. The molecule has 2 aromatic heterocycles. The van der Waals surface area contributed by atoms with Gasteiger partial charge in [0.05, 0.1) is 18.9 Å². The van der Waals surface area contributed by atoms with E-state index in [4.69, 9.17) is 20.3 Å². The molecule has 1 aliphatic heterocycles. The number of hydrogen-bond acceptors (Lipinski definition) is 7. The van der Waals surface area contributed by atoms with Gasteiger partial charge in [-0.05, 0) is 72.3 Å². The molecule has 0 radical (unpaired) electrons. The number of fused-ring (bicyclic) bond motifs is 1. The van der Waals surface area contributed by atoms with E-state index < -0.39 is 5.60 Å². The highest BCUT2D eigenvalue weighted by Gasteiger charge is 2.42. The number of aryl methyl sites for hydroxylation is 1. The summed E-state index contributed by atoms with van der Waals surface area (Å²) in [5.74, 6) is 7.02. The van der Waals surface area contributed by atoms with E-state index >= 15 is 0 Å². The first-order chi connectivity index (χ1) is 16.1. The van der Waals surface area contributed by atoms with Gasteiger partial charge >= 0.3 is 6.09 Å². The number of ether oxygens (including phenoxy) is 2. The predicted molar refractivity (Wildman–Crippen MR) is 133 cm³/mol. The zero-order chi connectivity index (χ0) is 24.6. The van der Waals surface area contributed by atoms with Gasteiger partial charge in [0.25, 0.3) is 0 Å². The summed E-state index contributed by atoms with van der Waals surface area (Å²) >= 11 is 0. The first-order valence-corrected chi connectivity index (χ1v) is 12.0. The van der Waals surface area contributed by atoms with Crippen molar-refractivity contribution in [2.75, 3.05) is 13.7 Å². The number of hydrogen-bond donors (Lipinski definition) is 1. The molecule has 0 spiro atoms. The fraction of sp³-hybridized carbons (Fsp3) is 0.600. The molecule has 2 atom stereocenters. The summed E-state index contributed by atoms with van der Waals surface area (Å²) in [6.45, 7) is 10.3. The largest absolute Gasteiger partial charge is 0.482 e. The van der Waals surface area contributed by atoms with Gasteiger partial charge in [0.2, 0.25) is 0 Å². The van der Waals surface area contributed by atoms with Crippen LogP contribution in [-0.4, -0.2) is 63.1 Å².